The highest BCUT2D eigenvalue weighted by atomic mass is 16.5. The van der Waals surface area contributed by atoms with Crippen molar-refractivity contribution in [3.05, 3.63) is 66.1 Å². The van der Waals surface area contributed by atoms with E-state index in [-0.39, 0.29) is 18.1 Å². The van der Waals surface area contributed by atoms with Crippen LogP contribution in [0.5, 0.6) is 5.75 Å². The van der Waals surface area contributed by atoms with E-state index < -0.39 is 0 Å². The van der Waals surface area contributed by atoms with Gasteiger partial charge < -0.3 is 18.8 Å². The molecule has 0 N–H and O–H groups in total. The van der Waals surface area contributed by atoms with Crippen LogP contribution in [0.25, 0.3) is 5.65 Å². The Morgan fingerprint density at radius 2 is 1.89 bits per heavy atom. The number of morpholine rings is 1. The third-order valence-corrected chi connectivity index (χ3v) is 4.61. The molecular weight excluding hydrogens is 342 g/mol. The smallest absolute Gasteiger partial charge is 0.257 e. The molecule has 3 aromatic rings. The molecule has 6 heteroatoms. The molecular formula is C21H23N3O3. The first kappa shape index (κ1) is 17.5. The summed E-state index contributed by atoms with van der Waals surface area (Å²) < 4.78 is 13.6. The Morgan fingerprint density at radius 3 is 2.67 bits per heavy atom. The number of para-hydroxylation sites is 1. The van der Waals surface area contributed by atoms with Gasteiger partial charge in [0.25, 0.3) is 5.91 Å². The molecule has 140 valence electrons. The molecule has 3 heterocycles. The minimum Gasteiger partial charge on any atom is -0.486 e. The molecule has 1 saturated heterocycles. The summed E-state index contributed by atoms with van der Waals surface area (Å²) in [5.74, 6) is 0.550. The van der Waals surface area contributed by atoms with E-state index in [1.165, 1.54) is 0 Å². The molecule has 1 aliphatic heterocycles. The Morgan fingerprint density at radius 1 is 1.15 bits per heavy atom. The van der Waals surface area contributed by atoms with E-state index in [1.807, 2.05) is 78.0 Å². The maximum Gasteiger partial charge on any atom is 0.257 e. The normalized spacial score (nSPS) is 20.0. The lowest BCUT2D eigenvalue weighted by Crippen LogP contribution is -2.48. The highest BCUT2D eigenvalue weighted by molar-refractivity contribution is 5.97. The number of pyridine rings is 1. The molecule has 2 aromatic heterocycles. The second kappa shape index (κ2) is 7.40. The number of amides is 1. The van der Waals surface area contributed by atoms with Crippen LogP contribution in [-0.4, -0.2) is 45.5 Å². The van der Waals surface area contributed by atoms with Crippen molar-refractivity contribution in [2.45, 2.75) is 32.7 Å². The number of carbonyl (C=O) groups is 1. The van der Waals surface area contributed by atoms with Crippen molar-refractivity contribution in [1.29, 1.82) is 0 Å². The number of rotatable bonds is 4. The summed E-state index contributed by atoms with van der Waals surface area (Å²) in [5.41, 5.74) is 2.26. The van der Waals surface area contributed by atoms with Gasteiger partial charge in [-0.2, -0.15) is 0 Å². The number of imidazole rings is 1. The van der Waals surface area contributed by atoms with E-state index in [4.69, 9.17) is 9.47 Å². The first-order valence-corrected chi connectivity index (χ1v) is 9.19. The second-order valence-corrected chi connectivity index (χ2v) is 6.95. The summed E-state index contributed by atoms with van der Waals surface area (Å²) in [5, 5.41) is 0. The van der Waals surface area contributed by atoms with Gasteiger partial charge in [-0.15, -0.1) is 0 Å². The van der Waals surface area contributed by atoms with Crippen molar-refractivity contribution in [1.82, 2.24) is 14.3 Å². The van der Waals surface area contributed by atoms with Crippen molar-refractivity contribution in [2.75, 3.05) is 13.1 Å². The van der Waals surface area contributed by atoms with Gasteiger partial charge in [0.1, 0.15) is 18.0 Å². The quantitative estimate of drug-likeness (QED) is 0.713. The molecule has 0 radical (unpaired) electrons. The molecule has 4 rings (SSSR count). The Bertz CT molecular complexity index is 910. The molecule has 2 atom stereocenters. The highest BCUT2D eigenvalue weighted by Gasteiger charge is 2.28. The van der Waals surface area contributed by atoms with Crippen LogP contribution in [0, 0.1) is 0 Å². The number of hydrogen-bond acceptors (Lipinski definition) is 4. The van der Waals surface area contributed by atoms with Crippen LogP contribution < -0.4 is 4.74 Å². The zero-order chi connectivity index (χ0) is 18.8. The summed E-state index contributed by atoms with van der Waals surface area (Å²) in [4.78, 5) is 19.4. The molecule has 0 saturated carbocycles. The summed E-state index contributed by atoms with van der Waals surface area (Å²) in [6, 6.07) is 13.2. The van der Waals surface area contributed by atoms with Crippen LogP contribution in [0.3, 0.4) is 0 Å². The number of nitrogens with zero attached hydrogens (tertiary/aromatic N) is 3. The van der Waals surface area contributed by atoms with Crippen LogP contribution in [-0.2, 0) is 11.3 Å². The number of benzene rings is 1. The van der Waals surface area contributed by atoms with Gasteiger partial charge in [0.05, 0.1) is 23.5 Å². The fourth-order valence-electron chi connectivity index (χ4n) is 3.49. The first-order valence-electron chi connectivity index (χ1n) is 9.19. The lowest BCUT2D eigenvalue weighted by Gasteiger charge is -2.35. The molecule has 6 nitrogen and oxygen atoms in total. The van der Waals surface area contributed by atoms with Gasteiger partial charge in [0, 0.05) is 25.5 Å². The Hall–Kier alpha value is -2.86. The molecule has 1 aromatic carbocycles. The Labute approximate surface area is 158 Å². The SMILES string of the molecule is C[C@@H]1CN(C(=O)c2ccccc2OCc2cn3ccccc3n2)C[C@H](C)O1. The van der Waals surface area contributed by atoms with Gasteiger partial charge >= 0.3 is 0 Å². The standard InChI is InChI=1S/C21H23N3O3/c1-15-11-24(12-16(2)27-15)21(25)18-7-3-4-8-19(18)26-14-17-13-23-10-6-5-9-20(23)22-17/h3-10,13,15-16H,11-12,14H2,1-2H3/t15-,16+. The van der Waals surface area contributed by atoms with Gasteiger partial charge in [-0.05, 0) is 38.1 Å². The van der Waals surface area contributed by atoms with Crippen LogP contribution in [0.1, 0.15) is 29.9 Å². The van der Waals surface area contributed by atoms with E-state index >= 15 is 0 Å². The van der Waals surface area contributed by atoms with E-state index in [1.54, 1.807) is 0 Å². The van der Waals surface area contributed by atoms with Crippen LogP contribution >= 0.6 is 0 Å². The largest absolute Gasteiger partial charge is 0.486 e. The third kappa shape index (κ3) is 3.80. The van der Waals surface area contributed by atoms with Crippen LogP contribution in [0.15, 0.2) is 54.9 Å². The highest BCUT2D eigenvalue weighted by Crippen LogP contribution is 2.23. The van der Waals surface area contributed by atoms with Crippen LogP contribution in [0.4, 0.5) is 0 Å². The lowest BCUT2D eigenvalue weighted by atomic mass is 10.1. The fraction of sp³-hybridized carbons (Fsp3) is 0.333. The van der Waals surface area contributed by atoms with Crippen molar-refractivity contribution >= 4 is 11.6 Å². The number of fused-ring (bicyclic) bond motifs is 1. The summed E-state index contributed by atoms with van der Waals surface area (Å²) in [6.07, 6.45) is 3.95. The van der Waals surface area contributed by atoms with Gasteiger partial charge in [-0.1, -0.05) is 18.2 Å². The van der Waals surface area contributed by atoms with Crippen molar-refractivity contribution < 1.29 is 14.3 Å². The summed E-state index contributed by atoms with van der Waals surface area (Å²) in [7, 11) is 0. The maximum absolute atomic E-state index is 13.0. The van der Waals surface area contributed by atoms with Crippen LogP contribution in [0.2, 0.25) is 0 Å². The molecule has 0 unspecified atom stereocenters. The summed E-state index contributed by atoms with van der Waals surface area (Å²) >= 11 is 0. The minimum absolute atomic E-state index is 0.0254. The number of ether oxygens (including phenoxy) is 2. The first-order chi connectivity index (χ1) is 13.1. The second-order valence-electron chi connectivity index (χ2n) is 6.95. The third-order valence-electron chi connectivity index (χ3n) is 4.61. The van der Waals surface area contributed by atoms with Gasteiger partial charge in [-0.3, -0.25) is 4.79 Å². The predicted octanol–water partition coefficient (Wildman–Crippen LogP) is 3.16. The fourth-order valence-corrected chi connectivity index (χ4v) is 3.49. The van der Waals surface area contributed by atoms with E-state index in [9.17, 15) is 4.79 Å². The summed E-state index contributed by atoms with van der Waals surface area (Å²) in [6.45, 7) is 5.46. The van der Waals surface area contributed by atoms with Crippen molar-refractivity contribution in [3.8, 4) is 5.75 Å². The molecule has 0 aliphatic carbocycles. The Balaban J connectivity index is 1.51. The molecule has 1 amide bonds. The predicted molar refractivity (Wildman–Crippen MR) is 102 cm³/mol. The molecule has 1 fully saturated rings. The molecule has 27 heavy (non-hydrogen) atoms. The minimum atomic E-state index is -0.0254. The zero-order valence-electron chi connectivity index (χ0n) is 15.5. The van der Waals surface area contributed by atoms with E-state index in [0.29, 0.717) is 31.0 Å². The Kier molecular flexibility index (Phi) is 4.81. The lowest BCUT2D eigenvalue weighted by molar-refractivity contribution is -0.0586. The van der Waals surface area contributed by atoms with Gasteiger partial charge in [0.15, 0.2) is 0 Å². The number of carbonyl (C=O) groups excluding carboxylic acids is 1. The van der Waals surface area contributed by atoms with Crippen molar-refractivity contribution in [2.24, 2.45) is 0 Å². The number of aromatic nitrogens is 2. The molecule has 0 spiro atoms. The topological polar surface area (TPSA) is 56.1 Å². The average molecular weight is 365 g/mol. The van der Waals surface area contributed by atoms with E-state index in [2.05, 4.69) is 4.98 Å². The van der Waals surface area contributed by atoms with Crippen molar-refractivity contribution in [3.63, 3.8) is 0 Å². The van der Waals surface area contributed by atoms with E-state index in [0.717, 1.165) is 11.3 Å². The zero-order valence-corrected chi connectivity index (χ0v) is 15.5. The monoisotopic (exact) mass is 365 g/mol. The number of hydrogen-bond donors (Lipinski definition) is 0. The maximum atomic E-state index is 13.0. The average Bonchev–Trinajstić information content (AvgIpc) is 3.08. The van der Waals surface area contributed by atoms with Gasteiger partial charge in [0.2, 0.25) is 0 Å². The van der Waals surface area contributed by atoms with Gasteiger partial charge in [-0.25, -0.2) is 4.98 Å². The molecule has 1 aliphatic rings. The molecule has 0 bridgehead atoms.